The van der Waals surface area contributed by atoms with Crippen LogP contribution in [0.1, 0.15) is 18.1 Å². The second kappa shape index (κ2) is 8.94. The zero-order chi connectivity index (χ0) is 18.2. The van der Waals surface area contributed by atoms with Gasteiger partial charge < -0.3 is 14.6 Å². The number of nitrogens with one attached hydrogen (secondary N) is 1. The molecule has 7 heteroatoms. The van der Waals surface area contributed by atoms with Crippen molar-refractivity contribution in [1.82, 2.24) is 5.43 Å². The standard InChI is InChI=1S/C18H19ClN2O4/c1-3-25-16-9-13(8-15(19)18(16)23)11-20-21-17(22)10-12-4-6-14(24-2)7-5-12/h4-9,11,23H,3,10H2,1-2H3,(H,21,22)/b20-11+. The van der Waals surface area contributed by atoms with Gasteiger partial charge in [-0.05, 0) is 42.3 Å². The molecule has 0 unspecified atom stereocenters. The van der Waals surface area contributed by atoms with Crippen LogP contribution >= 0.6 is 11.6 Å². The minimum atomic E-state index is -0.253. The summed E-state index contributed by atoms with van der Waals surface area (Å²) in [4.78, 5) is 11.9. The molecule has 0 saturated heterocycles. The number of nitrogens with zero attached hydrogens (tertiary/aromatic N) is 1. The molecule has 0 aliphatic rings. The average molecular weight is 363 g/mol. The van der Waals surface area contributed by atoms with Crippen molar-refractivity contribution in [1.29, 1.82) is 0 Å². The highest BCUT2D eigenvalue weighted by Gasteiger charge is 2.09. The minimum Gasteiger partial charge on any atom is -0.503 e. The Labute approximate surface area is 151 Å². The molecule has 0 aromatic heterocycles. The van der Waals surface area contributed by atoms with Crippen molar-refractivity contribution in [3.05, 3.63) is 52.5 Å². The number of ether oxygens (including phenoxy) is 2. The van der Waals surface area contributed by atoms with Crippen LogP contribution in [0.15, 0.2) is 41.5 Å². The molecule has 2 rings (SSSR count). The predicted octanol–water partition coefficient (Wildman–Crippen LogP) is 3.15. The molecule has 0 fully saturated rings. The number of hydrogen-bond acceptors (Lipinski definition) is 5. The van der Waals surface area contributed by atoms with Crippen molar-refractivity contribution in [2.45, 2.75) is 13.3 Å². The van der Waals surface area contributed by atoms with Gasteiger partial charge in [0, 0.05) is 0 Å². The van der Waals surface area contributed by atoms with Gasteiger partial charge in [0.25, 0.3) is 0 Å². The molecule has 2 aromatic carbocycles. The number of carbonyl (C=O) groups excluding carboxylic acids is 1. The Morgan fingerprint density at radius 2 is 2.04 bits per heavy atom. The number of halogens is 1. The highest BCUT2D eigenvalue weighted by Crippen LogP contribution is 2.34. The molecule has 0 heterocycles. The Balaban J connectivity index is 1.96. The summed E-state index contributed by atoms with van der Waals surface area (Å²) >= 11 is 5.94. The molecule has 0 aliphatic carbocycles. The van der Waals surface area contributed by atoms with Crippen LogP contribution in [0.4, 0.5) is 0 Å². The van der Waals surface area contributed by atoms with Crippen LogP contribution in [-0.4, -0.2) is 30.9 Å². The number of hydrogen-bond donors (Lipinski definition) is 2. The van der Waals surface area contributed by atoms with Gasteiger partial charge in [-0.2, -0.15) is 5.10 Å². The van der Waals surface area contributed by atoms with E-state index in [2.05, 4.69) is 10.5 Å². The quantitative estimate of drug-likeness (QED) is 0.585. The average Bonchev–Trinajstić information content (AvgIpc) is 2.60. The SMILES string of the molecule is CCOc1cc(/C=N/NC(=O)Cc2ccc(OC)cc2)cc(Cl)c1O. The summed E-state index contributed by atoms with van der Waals surface area (Å²) in [5.74, 6) is 0.623. The van der Waals surface area contributed by atoms with Crippen LogP contribution in [0.2, 0.25) is 5.02 Å². The lowest BCUT2D eigenvalue weighted by molar-refractivity contribution is -0.120. The van der Waals surface area contributed by atoms with E-state index >= 15 is 0 Å². The van der Waals surface area contributed by atoms with Crippen LogP contribution in [0.3, 0.4) is 0 Å². The maximum Gasteiger partial charge on any atom is 0.244 e. The fourth-order valence-corrected chi connectivity index (χ4v) is 2.30. The summed E-state index contributed by atoms with van der Waals surface area (Å²) in [5.41, 5.74) is 3.89. The van der Waals surface area contributed by atoms with Crippen LogP contribution in [0.25, 0.3) is 0 Å². The van der Waals surface area contributed by atoms with Crippen molar-refractivity contribution in [2.24, 2.45) is 5.10 Å². The van der Waals surface area contributed by atoms with E-state index in [4.69, 9.17) is 21.1 Å². The van der Waals surface area contributed by atoms with Gasteiger partial charge in [-0.15, -0.1) is 0 Å². The van der Waals surface area contributed by atoms with Crippen molar-refractivity contribution >= 4 is 23.7 Å². The van der Waals surface area contributed by atoms with Gasteiger partial charge in [-0.3, -0.25) is 4.79 Å². The van der Waals surface area contributed by atoms with Gasteiger partial charge >= 0.3 is 0 Å². The summed E-state index contributed by atoms with van der Waals surface area (Å²) in [5, 5.41) is 13.8. The van der Waals surface area contributed by atoms with Crippen LogP contribution in [0, 0.1) is 0 Å². The number of methoxy groups -OCH3 is 1. The molecule has 0 aliphatic heterocycles. The fourth-order valence-electron chi connectivity index (χ4n) is 2.08. The highest BCUT2D eigenvalue weighted by molar-refractivity contribution is 6.32. The Bertz CT molecular complexity index is 760. The fraction of sp³-hybridized carbons (Fsp3) is 0.222. The van der Waals surface area contributed by atoms with Crippen molar-refractivity contribution < 1.29 is 19.4 Å². The Hall–Kier alpha value is -2.73. The van der Waals surface area contributed by atoms with E-state index in [0.717, 1.165) is 11.3 Å². The molecule has 132 valence electrons. The second-order valence-corrected chi connectivity index (χ2v) is 5.51. The molecule has 2 N–H and O–H groups in total. The molecule has 0 spiro atoms. The van der Waals surface area contributed by atoms with Gasteiger partial charge in [0.1, 0.15) is 5.75 Å². The topological polar surface area (TPSA) is 80.2 Å². The smallest absolute Gasteiger partial charge is 0.244 e. The molecule has 0 saturated carbocycles. The lowest BCUT2D eigenvalue weighted by Gasteiger charge is -2.08. The first-order valence-corrected chi connectivity index (χ1v) is 8.01. The molecule has 1 amide bonds. The number of amides is 1. The molecular formula is C18H19ClN2O4. The maximum absolute atomic E-state index is 11.9. The summed E-state index contributed by atoms with van der Waals surface area (Å²) < 4.78 is 10.4. The van der Waals surface area contributed by atoms with Gasteiger partial charge in [0.05, 0.1) is 31.4 Å². The van der Waals surface area contributed by atoms with Gasteiger partial charge in [0.15, 0.2) is 11.5 Å². The van der Waals surface area contributed by atoms with E-state index in [1.54, 1.807) is 32.2 Å². The number of phenols is 1. The van der Waals surface area contributed by atoms with Gasteiger partial charge in [-0.1, -0.05) is 23.7 Å². The molecular weight excluding hydrogens is 344 g/mol. The van der Waals surface area contributed by atoms with Crippen LogP contribution < -0.4 is 14.9 Å². The lowest BCUT2D eigenvalue weighted by Crippen LogP contribution is -2.19. The largest absolute Gasteiger partial charge is 0.503 e. The van der Waals surface area contributed by atoms with E-state index < -0.39 is 0 Å². The third-order valence-corrected chi connectivity index (χ3v) is 3.57. The number of phenolic OH excluding ortho intramolecular Hbond substituents is 1. The van der Waals surface area contributed by atoms with Gasteiger partial charge in [-0.25, -0.2) is 5.43 Å². The Morgan fingerprint density at radius 1 is 1.32 bits per heavy atom. The first kappa shape index (κ1) is 18.6. The van der Waals surface area contributed by atoms with E-state index in [9.17, 15) is 9.90 Å². The number of benzene rings is 2. The zero-order valence-corrected chi connectivity index (χ0v) is 14.7. The Kier molecular flexibility index (Phi) is 6.65. The van der Waals surface area contributed by atoms with E-state index in [1.807, 2.05) is 12.1 Å². The van der Waals surface area contributed by atoms with Crippen LogP contribution in [0.5, 0.6) is 17.2 Å². The monoisotopic (exact) mass is 362 g/mol. The number of carbonyl (C=O) groups is 1. The van der Waals surface area contributed by atoms with Crippen molar-refractivity contribution in [2.75, 3.05) is 13.7 Å². The number of rotatable bonds is 7. The van der Waals surface area contributed by atoms with Crippen molar-refractivity contribution in [3.63, 3.8) is 0 Å². The maximum atomic E-state index is 11.9. The molecule has 0 bridgehead atoms. The number of aromatic hydroxyl groups is 1. The third-order valence-electron chi connectivity index (χ3n) is 3.28. The molecule has 0 atom stereocenters. The second-order valence-electron chi connectivity index (χ2n) is 5.10. The highest BCUT2D eigenvalue weighted by atomic mass is 35.5. The lowest BCUT2D eigenvalue weighted by atomic mass is 10.1. The zero-order valence-electron chi connectivity index (χ0n) is 14.0. The van der Waals surface area contributed by atoms with Crippen molar-refractivity contribution in [3.8, 4) is 17.2 Å². The van der Waals surface area contributed by atoms with E-state index in [0.29, 0.717) is 12.2 Å². The summed E-state index contributed by atoms with van der Waals surface area (Å²) in [7, 11) is 1.59. The first-order valence-electron chi connectivity index (χ1n) is 7.63. The summed E-state index contributed by atoms with van der Waals surface area (Å²) in [6, 6.07) is 10.3. The molecule has 25 heavy (non-hydrogen) atoms. The molecule has 0 radical (unpaired) electrons. The first-order chi connectivity index (χ1) is 12.0. The molecule has 6 nitrogen and oxygen atoms in total. The summed E-state index contributed by atoms with van der Waals surface area (Å²) in [6.07, 6.45) is 1.63. The minimum absolute atomic E-state index is 0.121. The van der Waals surface area contributed by atoms with Gasteiger partial charge in [0.2, 0.25) is 5.91 Å². The normalized spacial score (nSPS) is 10.7. The summed E-state index contributed by atoms with van der Waals surface area (Å²) in [6.45, 7) is 2.19. The third kappa shape index (κ3) is 5.39. The number of hydrazone groups is 1. The van der Waals surface area contributed by atoms with E-state index in [-0.39, 0.29) is 28.8 Å². The Morgan fingerprint density at radius 3 is 2.68 bits per heavy atom. The van der Waals surface area contributed by atoms with E-state index in [1.165, 1.54) is 12.3 Å². The molecule has 2 aromatic rings. The predicted molar refractivity (Wildman–Crippen MR) is 96.7 cm³/mol. The van der Waals surface area contributed by atoms with Crippen LogP contribution in [-0.2, 0) is 11.2 Å².